The predicted octanol–water partition coefficient (Wildman–Crippen LogP) is 1.30. The fourth-order valence-electron chi connectivity index (χ4n) is 0.550. The Kier molecular flexibility index (Phi) is 3.36. The van der Waals surface area contributed by atoms with Crippen LogP contribution in [0.1, 0.15) is 0 Å². The van der Waals surface area contributed by atoms with E-state index < -0.39 is 8.60 Å². The molecule has 0 amide bonds. The molecule has 1 N–H and O–H groups in total. The van der Waals surface area contributed by atoms with Gasteiger partial charge in [0, 0.05) is 0 Å². The van der Waals surface area contributed by atoms with Gasteiger partial charge in [-0.3, -0.25) is 0 Å². The van der Waals surface area contributed by atoms with Crippen LogP contribution >= 0.6 is 8.60 Å². The molecule has 5 heteroatoms. The predicted molar refractivity (Wildman–Crippen MR) is 40.4 cm³/mol. The van der Waals surface area contributed by atoms with E-state index in [2.05, 4.69) is 11.1 Å². The van der Waals surface area contributed by atoms with E-state index in [0.717, 1.165) is 0 Å². The van der Waals surface area contributed by atoms with E-state index in [1.54, 1.807) is 6.08 Å². The van der Waals surface area contributed by atoms with Crippen LogP contribution in [0.15, 0.2) is 24.7 Å². The highest BCUT2D eigenvalue weighted by atomic mass is 31.2. The minimum atomic E-state index is -1.72. The van der Waals surface area contributed by atoms with Crippen LogP contribution in [0.25, 0.3) is 0 Å². The SMILES string of the molecule is C=CCOCC1=COP(O)O1. The summed E-state index contributed by atoms with van der Waals surface area (Å²) in [5.41, 5.74) is 0. The summed E-state index contributed by atoms with van der Waals surface area (Å²) in [6, 6.07) is 0. The molecule has 11 heavy (non-hydrogen) atoms. The van der Waals surface area contributed by atoms with Crippen molar-refractivity contribution in [2.45, 2.75) is 0 Å². The molecule has 0 radical (unpaired) electrons. The summed E-state index contributed by atoms with van der Waals surface area (Å²) in [6.07, 6.45) is 2.99. The van der Waals surface area contributed by atoms with E-state index in [0.29, 0.717) is 19.0 Å². The summed E-state index contributed by atoms with van der Waals surface area (Å²) in [5.74, 6) is 0.514. The molecule has 62 valence electrons. The highest BCUT2D eigenvalue weighted by molar-refractivity contribution is 7.41. The monoisotopic (exact) mass is 176 g/mol. The zero-order valence-electron chi connectivity index (χ0n) is 5.90. The molecular weight excluding hydrogens is 167 g/mol. The van der Waals surface area contributed by atoms with Crippen molar-refractivity contribution < 1.29 is 18.7 Å². The van der Waals surface area contributed by atoms with Gasteiger partial charge in [0.25, 0.3) is 0 Å². The topological polar surface area (TPSA) is 47.9 Å². The molecule has 1 atom stereocenters. The molecule has 0 saturated carbocycles. The van der Waals surface area contributed by atoms with Gasteiger partial charge in [-0.25, -0.2) is 0 Å². The molecule has 1 unspecified atom stereocenters. The summed E-state index contributed by atoms with van der Waals surface area (Å²) >= 11 is 0. The molecular formula is C6H9O4P. The van der Waals surface area contributed by atoms with Crippen molar-refractivity contribution in [3.63, 3.8) is 0 Å². The van der Waals surface area contributed by atoms with Crippen molar-refractivity contribution >= 4 is 8.60 Å². The van der Waals surface area contributed by atoms with Crippen molar-refractivity contribution in [1.82, 2.24) is 0 Å². The Balaban J connectivity index is 2.12. The van der Waals surface area contributed by atoms with Gasteiger partial charge >= 0.3 is 8.60 Å². The van der Waals surface area contributed by atoms with Crippen molar-refractivity contribution in [2.24, 2.45) is 0 Å². The fraction of sp³-hybridized carbons (Fsp3) is 0.333. The van der Waals surface area contributed by atoms with Gasteiger partial charge in [-0.1, -0.05) is 6.08 Å². The Hall–Kier alpha value is -0.570. The van der Waals surface area contributed by atoms with Crippen LogP contribution in [-0.2, 0) is 13.8 Å². The molecule has 0 fully saturated rings. The first kappa shape index (κ1) is 8.53. The van der Waals surface area contributed by atoms with Gasteiger partial charge in [0.2, 0.25) is 0 Å². The van der Waals surface area contributed by atoms with Gasteiger partial charge < -0.3 is 18.7 Å². The normalized spacial score (nSPS) is 21.9. The van der Waals surface area contributed by atoms with Crippen molar-refractivity contribution in [3.8, 4) is 0 Å². The summed E-state index contributed by atoms with van der Waals surface area (Å²) in [6.45, 7) is 4.25. The molecule has 0 aromatic heterocycles. The van der Waals surface area contributed by atoms with Gasteiger partial charge in [-0.15, -0.1) is 6.58 Å². The van der Waals surface area contributed by atoms with Crippen LogP contribution in [0, 0.1) is 0 Å². The lowest BCUT2D eigenvalue weighted by Crippen LogP contribution is -1.96. The van der Waals surface area contributed by atoms with Crippen LogP contribution in [-0.4, -0.2) is 18.1 Å². The molecule has 0 aliphatic carbocycles. The third-order valence-electron chi connectivity index (χ3n) is 0.950. The molecule has 0 spiro atoms. The van der Waals surface area contributed by atoms with Gasteiger partial charge in [0.05, 0.1) is 6.61 Å². The molecule has 0 aromatic rings. The zero-order valence-corrected chi connectivity index (χ0v) is 6.79. The Morgan fingerprint density at radius 2 is 2.64 bits per heavy atom. The maximum atomic E-state index is 8.75. The summed E-state index contributed by atoms with van der Waals surface area (Å²) in [7, 11) is -1.72. The average Bonchev–Trinajstić information content (AvgIpc) is 2.37. The molecule has 1 rings (SSSR count). The molecule has 1 aliphatic heterocycles. The third-order valence-corrected chi connectivity index (χ3v) is 1.63. The van der Waals surface area contributed by atoms with Crippen molar-refractivity contribution in [3.05, 3.63) is 24.7 Å². The molecule has 0 bridgehead atoms. The molecule has 4 nitrogen and oxygen atoms in total. The Morgan fingerprint density at radius 3 is 3.18 bits per heavy atom. The lowest BCUT2D eigenvalue weighted by atomic mass is 10.6. The highest BCUT2D eigenvalue weighted by Gasteiger charge is 2.18. The van der Waals surface area contributed by atoms with Gasteiger partial charge in [0.1, 0.15) is 12.9 Å². The van der Waals surface area contributed by atoms with Gasteiger partial charge in [0.15, 0.2) is 5.76 Å². The largest absolute Gasteiger partial charge is 0.459 e. The first-order valence-electron chi connectivity index (χ1n) is 3.04. The summed E-state index contributed by atoms with van der Waals surface area (Å²) in [5, 5.41) is 0. The van der Waals surface area contributed by atoms with E-state index in [1.807, 2.05) is 0 Å². The third kappa shape index (κ3) is 2.89. The lowest BCUT2D eigenvalue weighted by Gasteiger charge is -2.01. The van der Waals surface area contributed by atoms with Crippen LogP contribution in [0.2, 0.25) is 0 Å². The number of hydrogen-bond acceptors (Lipinski definition) is 4. The number of ether oxygens (including phenoxy) is 1. The lowest BCUT2D eigenvalue weighted by molar-refractivity contribution is 0.160. The second kappa shape index (κ2) is 4.34. The van der Waals surface area contributed by atoms with Crippen LogP contribution < -0.4 is 0 Å². The van der Waals surface area contributed by atoms with E-state index in [9.17, 15) is 0 Å². The van der Waals surface area contributed by atoms with Gasteiger partial charge in [-0.05, 0) is 0 Å². The van der Waals surface area contributed by atoms with E-state index in [-0.39, 0.29) is 0 Å². The average molecular weight is 176 g/mol. The minimum absolute atomic E-state index is 0.311. The fourth-order valence-corrected chi connectivity index (χ4v) is 1.10. The standard InChI is InChI=1S/C6H9O4P/c1-2-3-8-4-6-5-9-11(7)10-6/h2,5,7H,1,3-4H2. The minimum Gasteiger partial charge on any atom is -0.422 e. The highest BCUT2D eigenvalue weighted by Crippen LogP contribution is 2.41. The molecule has 1 heterocycles. The second-order valence-corrected chi connectivity index (χ2v) is 2.69. The van der Waals surface area contributed by atoms with E-state index in [1.165, 1.54) is 6.26 Å². The van der Waals surface area contributed by atoms with Gasteiger partial charge in [-0.2, -0.15) is 0 Å². The van der Waals surface area contributed by atoms with Crippen LogP contribution in [0.4, 0.5) is 0 Å². The first-order chi connectivity index (χ1) is 5.33. The number of hydrogen-bond donors (Lipinski definition) is 1. The summed E-state index contributed by atoms with van der Waals surface area (Å²) in [4.78, 5) is 8.75. The Morgan fingerprint density at radius 1 is 1.82 bits per heavy atom. The van der Waals surface area contributed by atoms with Crippen molar-refractivity contribution in [2.75, 3.05) is 13.2 Å². The molecule has 0 aromatic carbocycles. The Labute approximate surface area is 66.1 Å². The second-order valence-electron chi connectivity index (χ2n) is 1.82. The molecule has 1 aliphatic rings. The van der Waals surface area contributed by atoms with Crippen LogP contribution in [0.3, 0.4) is 0 Å². The van der Waals surface area contributed by atoms with Crippen LogP contribution in [0.5, 0.6) is 0 Å². The van der Waals surface area contributed by atoms with E-state index in [4.69, 9.17) is 14.2 Å². The quantitative estimate of drug-likeness (QED) is 0.398. The smallest absolute Gasteiger partial charge is 0.422 e. The Bertz CT molecular complexity index is 168. The van der Waals surface area contributed by atoms with Crippen molar-refractivity contribution in [1.29, 1.82) is 0 Å². The zero-order chi connectivity index (χ0) is 8.10. The maximum absolute atomic E-state index is 8.75. The van der Waals surface area contributed by atoms with E-state index >= 15 is 0 Å². The first-order valence-corrected chi connectivity index (χ1v) is 4.17. The maximum Gasteiger partial charge on any atom is 0.459 e. The summed E-state index contributed by atoms with van der Waals surface area (Å²) < 4.78 is 14.5. The molecule has 0 saturated heterocycles. The number of rotatable bonds is 4.